The van der Waals surface area contributed by atoms with Crippen molar-refractivity contribution in [2.75, 3.05) is 26.2 Å². The Hall–Kier alpha value is -1.88. The minimum Gasteiger partial charge on any atom is -0.484 e. The highest BCUT2D eigenvalue weighted by Gasteiger charge is 2.20. The number of benzene rings is 1. The molecule has 0 saturated carbocycles. The zero-order valence-corrected chi connectivity index (χ0v) is 14.0. The molecule has 1 saturated heterocycles. The molecule has 1 heterocycles. The second kappa shape index (κ2) is 8.67. The molecule has 1 fully saturated rings. The first kappa shape index (κ1) is 17.5. The van der Waals surface area contributed by atoms with Gasteiger partial charge in [-0.3, -0.25) is 9.59 Å². The summed E-state index contributed by atoms with van der Waals surface area (Å²) >= 11 is 0. The van der Waals surface area contributed by atoms with Crippen molar-refractivity contribution in [2.45, 2.75) is 39.2 Å². The maximum Gasteiger partial charge on any atom is 0.258 e. The third-order valence-electron chi connectivity index (χ3n) is 4.12. The minimum absolute atomic E-state index is 0.00852. The molecule has 0 atom stereocenters. The summed E-state index contributed by atoms with van der Waals surface area (Å²) in [6.07, 6.45) is 3.17. The number of rotatable bonds is 7. The molecule has 0 spiro atoms. The van der Waals surface area contributed by atoms with E-state index in [1.807, 2.05) is 0 Å². The third kappa shape index (κ3) is 5.67. The predicted octanol–water partition coefficient (Wildman–Crippen LogP) is 2.26. The monoisotopic (exact) mass is 318 g/mol. The number of hydrogen-bond donors (Lipinski definition) is 1. The van der Waals surface area contributed by atoms with E-state index < -0.39 is 0 Å². The smallest absolute Gasteiger partial charge is 0.258 e. The quantitative estimate of drug-likeness (QED) is 0.784. The molecule has 1 N–H and O–H groups in total. The van der Waals surface area contributed by atoms with Gasteiger partial charge in [0.1, 0.15) is 5.75 Å². The van der Waals surface area contributed by atoms with E-state index in [2.05, 4.69) is 17.1 Å². The summed E-state index contributed by atoms with van der Waals surface area (Å²) in [5, 5.41) is 3.04. The molecule has 1 aromatic carbocycles. The highest BCUT2D eigenvalue weighted by atomic mass is 16.5. The molecule has 0 aliphatic carbocycles. The van der Waals surface area contributed by atoms with Crippen LogP contribution in [0.1, 0.15) is 43.5 Å². The standard InChI is InChI=1S/C18H26N2O3/c1-3-10-20-11-8-16(9-12-20)19-18(22)13-23-17-6-4-15(5-7-17)14(2)21/h4-7,16H,3,8-13H2,1-2H3,(H,19,22). The lowest BCUT2D eigenvalue weighted by molar-refractivity contribution is -0.124. The summed E-state index contributed by atoms with van der Waals surface area (Å²) in [5.41, 5.74) is 0.639. The van der Waals surface area contributed by atoms with E-state index >= 15 is 0 Å². The van der Waals surface area contributed by atoms with Gasteiger partial charge in [-0.15, -0.1) is 0 Å². The number of carbonyl (C=O) groups excluding carboxylic acids is 2. The van der Waals surface area contributed by atoms with Gasteiger partial charge >= 0.3 is 0 Å². The van der Waals surface area contributed by atoms with Crippen LogP contribution < -0.4 is 10.1 Å². The molecule has 0 unspecified atom stereocenters. The van der Waals surface area contributed by atoms with Crippen LogP contribution in [-0.4, -0.2) is 48.9 Å². The van der Waals surface area contributed by atoms with Crippen LogP contribution in [0.4, 0.5) is 0 Å². The fraction of sp³-hybridized carbons (Fsp3) is 0.556. The van der Waals surface area contributed by atoms with Crippen LogP contribution in [-0.2, 0) is 4.79 Å². The van der Waals surface area contributed by atoms with Gasteiger partial charge in [0.25, 0.3) is 5.91 Å². The lowest BCUT2D eigenvalue weighted by Gasteiger charge is -2.32. The van der Waals surface area contributed by atoms with Gasteiger partial charge in [0.2, 0.25) is 0 Å². The SMILES string of the molecule is CCCN1CCC(NC(=O)COc2ccc(C(C)=O)cc2)CC1. The van der Waals surface area contributed by atoms with Gasteiger partial charge in [0.05, 0.1) is 0 Å². The van der Waals surface area contributed by atoms with E-state index in [0.29, 0.717) is 11.3 Å². The summed E-state index contributed by atoms with van der Waals surface area (Å²) in [4.78, 5) is 25.6. The fourth-order valence-corrected chi connectivity index (χ4v) is 2.82. The van der Waals surface area contributed by atoms with Crippen molar-refractivity contribution in [2.24, 2.45) is 0 Å². The van der Waals surface area contributed by atoms with E-state index in [9.17, 15) is 9.59 Å². The molecule has 126 valence electrons. The second-order valence-corrected chi connectivity index (χ2v) is 6.05. The summed E-state index contributed by atoms with van der Waals surface area (Å²) < 4.78 is 5.47. The number of nitrogens with zero attached hydrogens (tertiary/aromatic N) is 1. The molecule has 0 aromatic heterocycles. The van der Waals surface area contributed by atoms with Gasteiger partial charge in [-0.2, -0.15) is 0 Å². The molecule has 5 nitrogen and oxygen atoms in total. The number of ether oxygens (including phenoxy) is 1. The number of Topliss-reactive ketones (excluding diaryl/α,β-unsaturated/α-hetero) is 1. The zero-order chi connectivity index (χ0) is 16.7. The molecule has 1 aliphatic heterocycles. The molecule has 1 amide bonds. The summed E-state index contributed by atoms with van der Waals surface area (Å²) in [5.74, 6) is 0.529. The Morgan fingerprint density at radius 3 is 2.43 bits per heavy atom. The van der Waals surface area contributed by atoms with Gasteiger partial charge in [-0.1, -0.05) is 6.92 Å². The average Bonchev–Trinajstić information content (AvgIpc) is 2.55. The van der Waals surface area contributed by atoms with Crippen LogP contribution in [0.25, 0.3) is 0 Å². The third-order valence-corrected chi connectivity index (χ3v) is 4.12. The van der Waals surface area contributed by atoms with Crippen LogP contribution in [0.3, 0.4) is 0 Å². The highest BCUT2D eigenvalue weighted by Crippen LogP contribution is 2.13. The van der Waals surface area contributed by atoms with Crippen LogP contribution >= 0.6 is 0 Å². The van der Waals surface area contributed by atoms with Gasteiger partial charge in [0.15, 0.2) is 12.4 Å². The molecule has 1 aliphatic rings. The fourth-order valence-electron chi connectivity index (χ4n) is 2.82. The topological polar surface area (TPSA) is 58.6 Å². The number of carbonyl (C=O) groups is 2. The molecular formula is C18H26N2O3. The van der Waals surface area contributed by atoms with E-state index in [-0.39, 0.29) is 24.3 Å². The number of piperidine rings is 1. The number of ketones is 1. The average molecular weight is 318 g/mol. The molecule has 5 heteroatoms. The summed E-state index contributed by atoms with van der Waals surface area (Å²) in [7, 11) is 0. The predicted molar refractivity (Wildman–Crippen MR) is 89.8 cm³/mol. The van der Waals surface area contributed by atoms with Crippen LogP contribution in [0.5, 0.6) is 5.75 Å². The Bertz CT molecular complexity index is 520. The number of nitrogens with one attached hydrogen (secondary N) is 1. The van der Waals surface area contributed by atoms with Crippen molar-refractivity contribution in [1.29, 1.82) is 0 Å². The maximum atomic E-state index is 12.0. The van der Waals surface area contributed by atoms with Gasteiger partial charge in [-0.05, 0) is 57.0 Å². The maximum absolute atomic E-state index is 12.0. The molecule has 1 aromatic rings. The van der Waals surface area contributed by atoms with Crippen molar-refractivity contribution in [1.82, 2.24) is 10.2 Å². The van der Waals surface area contributed by atoms with Crippen molar-refractivity contribution in [3.8, 4) is 5.75 Å². The molecule has 2 rings (SSSR count). The normalized spacial score (nSPS) is 16.1. The molecule has 23 heavy (non-hydrogen) atoms. The van der Waals surface area contributed by atoms with E-state index in [4.69, 9.17) is 4.74 Å². The molecular weight excluding hydrogens is 292 g/mol. The van der Waals surface area contributed by atoms with Crippen LogP contribution in [0, 0.1) is 0 Å². The molecule has 0 bridgehead atoms. The zero-order valence-electron chi connectivity index (χ0n) is 14.0. The first-order valence-electron chi connectivity index (χ1n) is 8.34. The highest BCUT2D eigenvalue weighted by molar-refractivity contribution is 5.94. The lowest BCUT2D eigenvalue weighted by Crippen LogP contribution is -2.46. The Morgan fingerprint density at radius 1 is 1.22 bits per heavy atom. The number of hydrogen-bond acceptors (Lipinski definition) is 4. The van der Waals surface area contributed by atoms with E-state index in [1.165, 1.54) is 13.3 Å². The van der Waals surface area contributed by atoms with Crippen molar-refractivity contribution in [3.63, 3.8) is 0 Å². The lowest BCUT2D eigenvalue weighted by atomic mass is 10.0. The Labute approximate surface area is 138 Å². The summed E-state index contributed by atoms with van der Waals surface area (Å²) in [6.45, 7) is 6.95. The molecule has 0 radical (unpaired) electrons. The summed E-state index contributed by atoms with van der Waals surface area (Å²) in [6, 6.07) is 7.10. The first-order valence-corrected chi connectivity index (χ1v) is 8.34. The Balaban J connectivity index is 1.70. The van der Waals surface area contributed by atoms with Crippen molar-refractivity contribution in [3.05, 3.63) is 29.8 Å². The van der Waals surface area contributed by atoms with Crippen molar-refractivity contribution < 1.29 is 14.3 Å². The van der Waals surface area contributed by atoms with Gasteiger partial charge < -0.3 is 15.0 Å². The van der Waals surface area contributed by atoms with Crippen molar-refractivity contribution >= 4 is 11.7 Å². The van der Waals surface area contributed by atoms with Crippen LogP contribution in [0.15, 0.2) is 24.3 Å². The number of likely N-dealkylation sites (tertiary alicyclic amines) is 1. The van der Waals surface area contributed by atoms with E-state index in [0.717, 1.165) is 32.5 Å². The number of amides is 1. The van der Waals surface area contributed by atoms with Gasteiger partial charge in [0, 0.05) is 24.7 Å². The first-order chi connectivity index (χ1) is 11.1. The second-order valence-electron chi connectivity index (χ2n) is 6.05. The van der Waals surface area contributed by atoms with Crippen LogP contribution in [0.2, 0.25) is 0 Å². The largest absolute Gasteiger partial charge is 0.484 e. The Morgan fingerprint density at radius 2 is 1.87 bits per heavy atom. The van der Waals surface area contributed by atoms with Gasteiger partial charge in [-0.25, -0.2) is 0 Å². The minimum atomic E-state index is -0.0883. The Kier molecular flexibility index (Phi) is 6.59. The van der Waals surface area contributed by atoms with E-state index in [1.54, 1.807) is 24.3 Å².